The van der Waals surface area contributed by atoms with Crippen molar-refractivity contribution in [1.82, 2.24) is 4.98 Å². The number of benzene rings is 1. The SMILES string of the molecule is Nc1ccncc1C(O)Cc1c(Cl)cccc1Cl. The van der Waals surface area contributed by atoms with Crippen molar-refractivity contribution in [3.8, 4) is 0 Å². The third kappa shape index (κ3) is 2.75. The van der Waals surface area contributed by atoms with E-state index in [4.69, 9.17) is 28.9 Å². The number of aliphatic hydroxyl groups is 1. The summed E-state index contributed by atoms with van der Waals surface area (Å²) in [5.41, 5.74) is 7.57. The Hall–Kier alpha value is -1.29. The largest absolute Gasteiger partial charge is 0.398 e. The number of nitrogen functional groups attached to an aromatic ring is 1. The smallest absolute Gasteiger partial charge is 0.0866 e. The molecular formula is C13H12Cl2N2O. The van der Waals surface area contributed by atoms with Gasteiger partial charge in [-0.15, -0.1) is 0 Å². The summed E-state index contributed by atoms with van der Waals surface area (Å²) in [5.74, 6) is 0. The molecule has 18 heavy (non-hydrogen) atoms. The lowest BCUT2D eigenvalue weighted by Gasteiger charge is -2.14. The zero-order valence-electron chi connectivity index (χ0n) is 9.48. The van der Waals surface area contributed by atoms with Crippen LogP contribution in [0, 0.1) is 0 Å². The summed E-state index contributed by atoms with van der Waals surface area (Å²) in [7, 11) is 0. The van der Waals surface area contributed by atoms with Crippen molar-refractivity contribution in [2.75, 3.05) is 5.73 Å². The average molecular weight is 283 g/mol. The maximum absolute atomic E-state index is 10.2. The summed E-state index contributed by atoms with van der Waals surface area (Å²) in [6.07, 6.45) is 2.64. The van der Waals surface area contributed by atoms with E-state index in [1.165, 1.54) is 0 Å². The van der Waals surface area contributed by atoms with Crippen molar-refractivity contribution in [3.05, 3.63) is 57.8 Å². The van der Waals surface area contributed by atoms with E-state index in [2.05, 4.69) is 4.98 Å². The molecule has 0 aliphatic carbocycles. The lowest BCUT2D eigenvalue weighted by molar-refractivity contribution is 0.179. The Morgan fingerprint density at radius 3 is 2.50 bits per heavy atom. The Kier molecular flexibility index (Phi) is 4.07. The molecule has 2 aromatic rings. The molecular weight excluding hydrogens is 271 g/mol. The van der Waals surface area contributed by atoms with Crippen LogP contribution >= 0.6 is 23.2 Å². The van der Waals surface area contributed by atoms with Gasteiger partial charge in [-0.25, -0.2) is 0 Å². The number of halogens is 2. The van der Waals surface area contributed by atoms with Crippen molar-refractivity contribution in [2.24, 2.45) is 0 Å². The van der Waals surface area contributed by atoms with Crippen LogP contribution in [0.3, 0.4) is 0 Å². The zero-order chi connectivity index (χ0) is 13.1. The number of nitrogens with two attached hydrogens (primary N) is 1. The van der Waals surface area contributed by atoms with Crippen LogP contribution < -0.4 is 5.73 Å². The first-order chi connectivity index (χ1) is 8.59. The summed E-state index contributed by atoms with van der Waals surface area (Å²) >= 11 is 12.1. The van der Waals surface area contributed by atoms with Crippen LogP contribution in [0.25, 0.3) is 0 Å². The molecule has 3 nitrogen and oxygen atoms in total. The topological polar surface area (TPSA) is 59.1 Å². The minimum absolute atomic E-state index is 0.300. The molecule has 1 heterocycles. The normalized spacial score (nSPS) is 12.4. The first-order valence-corrected chi connectivity index (χ1v) is 6.15. The predicted molar refractivity (Wildman–Crippen MR) is 73.8 cm³/mol. The third-order valence-electron chi connectivity index (χ3n) is 2.71. The molecule has 0 saturated carbocycles. The number of pyridine rings is 1. The van der Waals surface area contributed by atoms with Gasteiger partial charge in [0.1, 0.15) is 0 Å². The van der Waals surface area contributed by atoms with Crippen LogP contribution in [0.15, 0.2) is 36.7 Å². The second-order valence-corrected chi connectivity index (χ2v) is 4.74. The number of hydrogen-bond donors (Lipinski definition) is 2. The summed E-state index contributed by atoms with van der Waals surface area (Å²) in [6, 6.07) is 6.88. The van der Waals surface area contributed by atoms with E-state index in [1.54, 1.807) is 36.7 Å². The Morgan fingerprint density at radius 1 is 1.22 bits per heavy atom. The first kappa shape index (κ1) is 13.1. The van der Waals surface area contributed by atoms with Crippen molar-refractivity contribution in [3.63, 3.8) is 0 Å². The summed E-state index contributed by atoms with van der Waals surface area (Å²) in [6.45, 7) is 0. The van der Waals surface area contributed by atoms with E-state index >= 15 is 0 Å². The minimum atomic E-state index is -0.781. The molecule has 0 radical (unpaired) electrons. The molecule has 1 aromatic heterocycles. The van der Waals surface area contributed by atoms with Crippen molar-refractivity contribution in [1.29, 1.82) is 0 Å². The molecule has 1 atom stereocenters. The highest BCUT2D eigenvalue weighted by molar-refractivity contribution is 6.36. The first-order valence-electron chi connectivity index (χ1n) is 5.40. The monoisotopic (exact) mass is 282 g/mol. The Labute approximate surface area is 115 Å². The molecule has 3 N–H and O–H groups in total. The molecule has 0 bridgehead atoms. The second-order valence-electron chi connectivity index (χ2n) is 3.92. The zero-order valence-corrected chi connectivity index (χ0v) is 11.0. The number of nitrogens with zero attached hydrogens (tertiary/aromatic N) is 1. The van der Waals surface area contributed by atoms with E-state index in [-0.39, 0.29) is 0 Å². The lowest BCUT2D eigenvalue weighted by Crippen LogP contribution is -2.06. The van der Waals surface area contributed by atoms with Gasteiger partial charge in [0.2, 0.25) is 0 Å². The highest BCUT2D eigenvalue weighted by Crippen LogP contribution is 2.30. The third-order valence-corrected chi connectivity index (χ3v) is 3.41. The van der Waals surface area contributed by atoms with Crippen LogP contribution in [0.2, 0.25) is 10.0 Å². The van der Waals surface area contributed by atoms with Gasteiger partial charge in [0, 0.05) is 40.1 Å². The Balaban J connectivity index is 2.27. The van der Waals surface area contributed by atoms with E-state index in [0.717, 1.165) is 0 Å². The summed E-state index contributed by atoms with van der Waals surface area (Å²) in [5, 5.41) is 11.2. The minimum Gasteiger partial charge on any atom is -0.398 e. The van der Waals surface area contributed by atoms with Crippen LogP contribution in [0.5, 0.6) is 0 Å². The molecule has 2 rings (SSSR count). The molecule has 1 unspecified atom stereocenters. The van der Waals surface area contributed by atoms with Crippen LogP contribution in [0.4, 0.5) is 5.69 Å². The lowest BCUT2D eigenvalue weighted by atomic mass is 10.0. The average Bonchev–Trinajstić information content (AvgIpc) is 2.34. The maximum Gasteiger partial charge on any atom is 0.0866 e. The maximum atomic E-state index is 10.2. The molecule has 0 aliphatic rings. The van der Waals surface area contributed by atoms with E-state index in [1.807, 2.05) is 0 Å². The standard InChI is InChI=1S/C13H12Cl2N2O/c14-10-2-1-3-11(15)8(10)6-13(18)9-7-17-5-4-12(9)16/h1-5,7,13,18H,6H2,(H2,16,17). The molecule has 0 amide bonds. The van der Waals surface area contributed by atoms with Gasteiger partial charge in [0.25, 0.3) is 0 Å². The fourth-order valence-corrected chi connectivity index (χ4v) is 2.28. The van der Waals surface area contributed by atoms with E-state index < -0.39 is 6.10 Å². The predicted octanol–water partition coefficient (Wildman–Crippen LogP) is 3.25. The van der Waals surface area contributed by atoms with Gasteiger partial charge in [0.05, 0.1) is 6.10 Å². The highest BCUT2D eigenvalue weighted by Gasteiger charge is 2.15. The van der Waals surface area contributed by atoms with Crippen molar-refractivity contribution >= 4 is 28.9 Å². The van der Waals surface area contributed by atoms with Gasteiger partial charge >= 0.3 is 0 Å². The van der Waals surface area contributed by atoms with Crippen LogP contribution in [-0.4, -0.2) is 10.1 Å². The molecule has 0 spiro atoms. The quantitative estimate of drug-likeness (QED) is 0.909. The number of hydrogen-bond acceptors (Lipinski definition) is 3. The van der Waals surface area contributed by atoms with E-state index in [0.29, 0.717) is 33.3 Å². The number of anilines is 1. The summed E-state index contributed by atoms with van der Waals surface area (Å²) < 4.78 is 0. The van der Waals surface area contributed by atoms with Crippen LogP contribution in [0.1, 0.15) is 17.2 Å². The van der Waals surface area contributed by atoms with Gasteiger partial charge < -0.3 is 10.8 Å². The van der Waals surface area contributed by atoms with Gasteiger partial charge in [-0.05, 0) is 23.8 Å². The molecule has 94 valence electrons. The van der Waals surface area contributed by atoms with Crippen molar-refractivity contribution < 1.29 is 5.11 Å². The molecule has 5 heteroatoms. The number of aliphatic hydroxyl groups excluding tert-OH is 1. The van der Waals surface area contributed by atoms with Gasteiger partial charge in [-0.2, -0.15) is 0 Å². The van der Waals surface area contributed by atoms with Gasteiger partial charge in [0.15, 0.2) is 0 Å². The van der Waals surface area contributed by atoms with Gasteiger partial charge in [-0.1, -0.05) is 29.3 Å². The Morgan fingerprint density at radius 2 is 1.89 bits per heavy atom. The molecule has 0 saturated heterocycles. The fourth-order valence-electron chi connectivity index (χ4n) is 1.73. The Bertz CT molecular complexity index is 540. The second kappa shape index (κ2) is 5.57. The van der Waals surface area contributed by atoms with Crippen LogP contribution in [-0.2, 0) is 6.42 Å². The van der Waals surface area contributed by atoms with Crippen molar-refractivity contribution in [2.45, 2.75) is 12.5 Å². The summed E-state index contributed by atoms with van der Waals surface area (Å²) in [4.78, 5) is 3.95. The molecule has 0 aliphatic heterocycles. The molecule has 1 aromatic carbocycles. The van der Waals surface area contributed by atoms with E-state index in [9.17, 15) is 5.11 Å². The number of aromatic nitrogens is 1. The fraction of sp³-hybridized carbons (Fsp3) is 0.154. The number of rotatable bonds is 3. The molecule has 0 fully saturated rings. The highest BCUT2D eigenvalue weighted by atomic mass is 35.5. The van der Waals surface area contributed by atoms with Gasteiger partial charge in [-0.3, -0.25) is 4.98 Å².